The summed E-state index contributed by atoms with van der Waals surface area (Å²) in [6.45, 7) is 0.640. The molecule has 2 rings (SSSR count). The summed E-state index contributed by atoms with van der Waals surface area (Å²) in [6, 6.07) is 9.98. The lowest BCUT2D eigenvalue weighted by molar-refractivity contribution is 0.635. The molecule has 1 atom stereocenters. The lowest BCUT2D eigenvalue weighted by Crippen LogP contribution is -2.43. The van der Waals surface area contributed by atoms with Crippen LogP contribution in [-0.2, 0) is 10.8 Å². The van der Waals surface area contributed by atoms with Crippen molar-refractivity contribution in [2.75, 3.05) is 19.3 Å². The standard InChI is InChI=1S/C15H21N3OS/c1-16-15(18-13-7-5-6-8-13)17-11-12-20(19)14-9-3-2-4-10-14/h2-6,9-10,13H,7-8,11-12H2,1H3,(H2,16,17,18). The third-order valence-corrected chi connectivity index (χ3v) is 4.53. The second-order valence-electron chi connectivity index (χ2n) is 4.65. The Labute approximate surface area is 122 Å². The van der Waals surface area contributed by atoms with Crippen LogP contribution in [0.1, 0.15) is 12.8 Å². The molecule has 2 N–H and O–H groups in total. The maximum atomic E-state index is 12.1. The van der Waals surface area contributed by atoms with Gasteiger partial charge in [0.1, 0.15) is 0 Å². The van der Waals surface area contributed by atoms with Crippen molar-refractivity contribution < 1.29 is 4.21 Å². The molecule has 1 aliphatic rings. The Morgan fingerprint density at radius 1 is 1.30 bits per heavy atom. The first-order valence-electron chi connectivity index (χ1n) is 6.85. The van der Waals surface area contributed by atoms with E-state index in [0.29, 0.717) is 18.3 Å². The topological polar surface area (TPSA) is 53.5 Å². The van der Waals surface area contributed by atoms with Gasteiger partial charge in [0, 0.05) is 30.3 Å². The van der Waals surface area contributed by atoms with E-state index < -0.39 is 10.8 Å². The van der Waals surface area contributed by atoms with Crippen LogP contribution in [0.4, 0.5) is 0 Å². The summed E-state index contributed by atoms with van der Waals surface area (Å²) in [7, 11) is 0.792. The van der Waals surface area contributed by atoms with Gasteiger partial charge in [-0.05, 0) is 25.0 Å². The van der Waals surface area contributed by atoms with Crippen molar-refractivity contribution in [1.82, 2.24) is 10.6 Å². The Kier molecular flexibility index (Phi) is 5.80. The highest BCUT2D eigenvalue weighted by Crippen LogP contribution is 2.08. The Morgan fingerprint density at radius 3 is 2.65 bits per heavy atom. The molecule has 4 nitrogen and oxygen atoms in total. The van der Waals surface area contributed by atoms with Crippen molar-refractivity contribution in [2.45, 2.75) is 23.8 Å². The fraction of sp³-hybridized carbons (Fsp3) is 0.400. The molecule has 108 valence electrons. The third kappa shape index (κ3) is 4.49. The van der Waals surface area contributed by atoms with Gasteiger partial charge in [-0.2, -0.15) is 0 Å². The largest absolute Gasteiger partial charge is 0.355 e. The maximum absolute atomic E-state index is 12.1. The van der Waals surface area contributed by atoms with Gasteiger partial charge in [0.15, 0.2) is 5.96 Å². The first-order valence-corrected chi connectivity index (χ1v) is 8.17. The second kappa shape index (κ2) is 7.85. The van der Waals surface area contributed by atoms with Gasteiger partial charge < -0.3 is 10.6 Å². The van der Waals surface area contributed by atoms with Crippen LogP contribution >= 0.6 is 0 Å². The van der Waals surface area contributed by atoms with E-state index in [2.05, 4.69) is 27.8 Å². The molecule has 20 heavy (non-hydrogen) atoms. The monoisotopic (exact) mass is 291 g/mol. The molecule has 0 saturated heterocycles. The average molecular weight is 291 g/mol. The number of rotatable bonds is 5. The SMILES string of the molecule is CN=C(NCCS(=O)c1ccccc1)NC1CC=CC1. The third-order valence-electron chi connectivity index (χ3n) is 3.16. The summed E-state index contributed by atoms with van der Waals surface area (Å²) >= 11 is 0. The van der Waals surface area contributed by atoms with E-state index in [4.69, 9.17) is 0 Å². The summed E-state index contributed by atoms with van der Waals surface area (Å²) in [5.41, 5.74) is 0. The molecule has 0 bridgehead atoms. The zero-order valence-electron chi connectivity index (χ0n) is 11.7. The molecule has 1 unspecified atom stereocenters. The van der Waals surface area contributed by atoms with Gasteiger partial charge >= 0.3 is 0 Å². The summed E-state index contributed by atoms with van der Waals surface area (Å²) in [5.74, 6) is 1.36. The molecule has 5 heteroatoms. The Balaban J connectivity index is 1.72. The number of hydrogen-bond donors (Lipinski definition) is 2. The van der Waals surface area contributed by atoms with Gasteiger partial charge in [0.05, 0.1) is 10.8 Å². The number of aliphatic imine (C=N–C) groups is 1. The van der Waals surface area contributed by atoms with Crippen LogP contribution in [0.15, 0.2) is 52.4 Å². The van der Waals surface area contributed by atoms with Gasteiger partial charge in [-0.1, -0.05) is 30.4 Å². The predicted molar refractivity (Wildman–Crippen MR) is 84.4 cm³/mol. The normalized spacial score (nSPS) is 17.1. The van der Waals surface area contributed by atoms with Crippen LogP contribution in [0, 0.1) is 0 Å². The molecular formula is C15H21N3OS. The van der Waals surface area contributed by atoms with E-state index >= 15 is 0 Å². The second-order valence-corrected chi connectivity index (χ2v) is 6.22. The van der Waals surface area contributed by atoms with E-state index in [1.54, 1.807) is 7.05 Å². The first-order chi connectivity index (χ1) is 9.79. The highest BCUT2D eigenvalue weighted by Gasteiger charge is 2.11. The molecule has 0 spiro atoms. The van der Waals surface area contributed by atoms with Crippen LogP contribution in [-0.4, -0.2) is 35.6 Å². The van der Waals surface area contributed by atoms with Gasteiger partial charge in [-0.3, -0.25) is 9.20 Å². The summed E-state index contributed by atoms with van der Waals surface area (Å²) < 4.78 is 12.1. The van der Waals surface area contributed by atoms with Gasteiger partial charge in [0.2, 0.25) is 0 Å². The van der Waals surface area contributed by atoms with E-state index in [-0.39, 0.29) is 0 Å². The fourth-order valence-corrected chi connectivity index (χ4v) is 3.06. The van der Waals surface area contributed by atoms with Crippen LogP contribution in [0.2, 0.25) is 0 Å². The summed E-state index contributed by atoms with van der Waals surface area (Å²) in [6.07, 6.45) is 6.43. The van der Waals surface area contributed by atoms with Crippen molar-refractivity contribution in [3.05, 3.63) is 42.5 Å². The molecule has 0 fully saturated rings. The number of hydrogen-bond acceptors (Lipinski definition) is 2. The van der Waals surface area contributed by atoms with Crippen molar-refractivity contribution >= 4 is 16.8 Å². The molecule has 1 aromatic carbocycles. The molecule has 0 heterocycles. The van der Waals surface area contributed by atoms with Gasteiger partial charge in [0.25, 0.3) is 0 Å². The van der Waals surface area contributed by atoms with Crippen LogP contribution in [0.5, 0.6) is 0 Å². The Bertz CT molecular complexity index is 491. The molecule has 0 amide bonds. The van der Waals surface area contributed by atoms with E-state index in [1.165, 1.54) is 0 Å². The fourth-order valence-electron chi connectivity index (χ4n) is 2.08. The minimum Gasteiger partial charge on any atom is -0.355 e. The Morgan fingerprint density at radius 2 is 2.00 bits per heavy atom. The number of guanidine groups is 1. The number of nitrogens with zero attached hydrogens (tertiary/aromatic N) is 1. The maximum Gasteiger partial charge on any atom is 0.191 e. The minimum absolute atomic E-state index is 0.431. The van der Waals surface area contributed by atoms with Crippen molar-refractivity contribution in [2.24, 2.45) is 4.99 Å². The molecular weight excluding hydrogens is 270 g/mol. The van der Waals surface area contributed by atoms with Crippen molar-refractivity contribution in [3.8, 4) is 0 Å². The number of benzene rings is 1. The van der Waals surface area contributed by atoms with Crippen molar-refractivity contribution in [1.29, 1.82) is 0 Å². The smallest absolute Gasteiger partial charge is 0.191 e. The van der Waals surface area contributed by atoms with Gasteiger partial charge in [-0.25, -0.2) is 0 Å². The molecule has 0 aliphatic heterocycles. The highest BCUT2D eigenvalue weighted by atomic mass is 32.2. The lowest BCUT2D eigenvalue weighted by Gasteiger charge is -2.16. The first kappa shape index (κ1) is 14.8. The van der Waals surface area contributed by atoms with Crippen LogP contribution in [0.25, 0.3) is 0 Å². The van der Waals surface area contributed by atoms with Crippen LogP contribution < -0.4 is 10.6 Å². The summed E-state index contributed by atoms with van der Waals surface area (Å²) in [4.78, 5) is 5.06. The van der Waals surface area contributed by atoms with E-state index in [9.17, 15) is 4.21 Å². The zero-order chi connectivity index (χ0) is 14.2. The summed E-state index contributed by atoms with van der Waals surface area (Å²) in [5, 5.41) is 6.57. The average Bonchev–Trinajstić information content (AvgIpc) is 3.00. The molecule has 1 aromatic rings. The zero-order valence-corrected chi connectivity index (χ0v) is 12.5. The molecule has 0 aromatic heterocycles. The minimum atomic E-state index is -0.963. The highest BCUT2D eigenvalue weighted by molar-refractivity contribution is 7.85. The van der Waals surface area contributed by atoms with Crippen LogP contribution in [0.3, 0.4) is 0 Å². The van der Waals surface area contributed by atoms with E-state index in [0.717, 1.165) is 23.7 Å². The molecule has 1 aliphatic carbocycles. The number of nitrogens with one attached hydrogen (secondary N) is 2. The quantitative estimate of drug-likeness (QED) is 0.493. The predicted octanol–water partition coefficient (Wildman–Crippen LogP) is 1.68. The lowest BCUT2D eigenvalue weighted by atomic mass is 10.2. The van der Waals surface area contributed by atoms with E-state index in [1.807, 2.05) is 30.3 Å². The molecule has 0 radical (unpaired) electrons. The van der Waals surface area contributed by atoms with Crippen molar-refractivity contribution in [3.63, 3.8) is 0 Å². The van der Waals surface area contributed by atoms with Gasteiger partial charge in [-0.15, -0.1) is 0 Å². The molecule has 0 saturated carbocycles. The Hall–Kier alpha value is -1.62.